The van der Waals surface area contributed by atoms with Crippen LogP contribution in [-0.2, 0) is 13.6 Å². The van der Waals surface area contributed by atoms with Crippen molar-refractivity contribution in [1.82, 2.24) is 14.5 Å². The van der Waals surface area contributed by atoms with Crippen LogP contribution in [0.15, 0.2) is 12.3 Å². The summed E-state index contributed by atoms with van der Waals surface area (Å²) >= 11 is 0. The van der Waals surface area contributed by atoms with Crippen molar-refractivity contribution < 1.29 is 0 Å². The third-order valence-corrected chi connectivity index (χ3v) is 2.49. The van der Waals surface area contributed by atoms with Gasteiger partial charge in [-0.15, -0.1) is 0 Å². The van der Waals surface area contributed by atoms with E-state index in [4.69, 9.17) is 5.73 Å². The van der Waals surface area contributed by atoms with Crippen molar-refractivity contribution >= 4 is 16.9 Å². The van der Waals surface area contributed by atoms with Crippen molar-refractivity contribution in [2.45, 2.75) is 6.54 Å². The summed E-state index contributed by atoms with van der Waals surface area (Å²) in [4.78, 5) is 10.8. The van der Waals surface area contributed by atoms with Gasteiger partial charge in [0.25, 0.3) is 0 Å². The zero-order valence-electron chi connectivity index (χ0n) is 9.23. The highest BCUT2D eigenvalue weighted by atomic mass is 15.1. The van der Waals surface area contributed by atoms with Crippen LogP contribution in [-0.4, -0.2) is 28.6 Å². The molecule has 2 aromatic heterocycles. The number of hydrogen-bond acceptors (Lipinski definition) is 4. The molecule has 2 rings (SSSR count). The van der Waals surface area contributed by atoms with E-state index in [9.17, 15) is 0 Å². The minimum absolute atomic E-state index is 0.430. The van der Waals surface area contributed by atoms with E-state index < -0.39 is 0 Å². The third kappa shape index (κ3) is 1.45. The molecule has 15 heavy (non-hydrogen) atoms. The second-order valence-electron chi connectivity index (χ2n) is 3.69. The van der Waals surface area contributed by atoms with Gasteiger partial charge in [-0.25, -0.2) is 9.97 Å². The second-order valence-corrected chi connectivity index (χ2v) is 3.69. The summed E-state index contributed by atoms with van der Waals surface area (Å²) in [6.45, 7) is 0.430. The Bertz CT molecular complexity index is 486. The molecular formula is C10H15N5. The number of fused-ring (bicyclic) bond motifs is 1. The van der Waals surface area contributed by atoms with E-state index in [1.807, 2.05) is 36.7 Å². The van der Waals surface area contributed by atoms with Crippen LogP contribution in [0.3, 0.4) is 0 Å². The molecule has 0 bridgehead atoms. The summed E-state index contributed by atoms with van der Waals surface area (Å²) in [5.74, 6) is 0.854. The zero-order valence-corrected chi connectivity index (χ0v) is 9.23. The van der Waals surface area contributed by atoms with E-state index in [2.05, 4.69) is 9.97 Å². The van der Waals surface area contributed by atoms with Gasteiger partial charge in [-0.1, -0.05) is 0 Å². The minimum atomic E-state index is 0.430. The first-order valence-corrected chi connectivity index (χ1v) is 4.83. The lowest BCUT2D eigenvalue weighted by molar-refractivity contribution is 0.806. The Morgan fingerprint density at radius 3 is 2.80 bits per heavy atom. The van der Waals surface area contributed by atoms with Crippen LogP contribution in [0.2, 0.25) is 0 Å². The molecule has 0 spiro atoms. The molecule has 2 aromatic rings. The van der Waals surface area contributed by atoms with Gasteiger partial charge in [-0.2, -0.15) is 0 Å². The number of imidazole rings is 1. The molecule has 0 amide bonds. The number of aryl methyl sites for hydroxylation is 1. The Balaban J connectivity index is 2.76. The number of rotatable bonds is 2. The van der Waals surface area contributed by atoms with Crippen molar-refractivity contribution in [3.8, 4) is 0 Å². The highest BCUT2D eigenvalue weighted by molar-refractivity contribution is 5.86. The maximum atomic E-state index is 5.62. The number of anilines is 1. The first-order chi connectivity index (χ1) is 7.15. The largest absolute Gasteiger partial charge is 0.376 e. The fourth-order valence-electron chi connectivity index (χ4n) is 1.66. The lowest BCUT2D eigenvalue weighted by Crippen LogP contribution is -2.09. The Labute approximate surface area is 88.5 Å². The number of nitrogens with two attached hydrogens (primary N) is 1. The van der Waals surface area contributed by atoms with Gasteiger partial charge in [-0.3, -0.25) is 0 Å². The maximum Gasteiger partial charge on any atom is 0.161 e. The molecule has 0 aliphatic carbocycles. The normalized spacial score (nSPS) is 10.9. The van der Waals surface area contributed by atoms with Crippen molar-refractivity contribution in [2.75, 3.05) is 19.0 Å². The summed E-state index contributed by atoms with van der Waals surface area (Å²) in [7, 11) is 5.92. The Kier molecular flexibility index (Phi) is 2.32. The molecule has 80 valence electrons. The van der Waals surface area contributed by atoms with Gasteiger partial charge in [0.15, 0.2) is 5.65 Å². The smallest absolute Gasteiger partial charge is 0.161 e. The maximum absolute atomic E-state index is 5.62. The SMILES string of the molecule is CN(C)c1ccnc2c1nc(CN)n2C. The number of hydrogen-bond donors (Lipinski definition) is 1. The molecule has 0 fully saturated rings. The number of nitrogens with zero attached hydrogens (tertiary/aromatic N) is 4. The molecule has 0 aliphatic rings. The van der Waals surface area contributed by atoms with Crippen LogP contribution < -0.4 is 10.6 Å². The lowest BCUT2D eigenvalue weighted by Gasteiger charge is -2.11. The van der Waals surface area contributed by atoms with Gasteiger partial charge >= 0.3 is 0 Å². The standard InChI is InChI=1S/C10H15N5/c1-14(2)7-4-5-12-10-9(7)13-8(6-11)15(10)3/h4-5H,6,11H2,1-3H3. The molecule has 0 saturated carbocycles. The highest BCUT2D eigenvalue weighted by Gasteiger charge is 2.11. The van der Waals surface area contributed by atoms with Gasteiger partial charge in [0.2, 0.25) is 0 Å². The Hall–Kier alpha value is -1.62. The molecule has 0 aliphatic heterocycles. The van der Waals surface area contributed by atoms with Gasteiger partial charge in [0, 0.05) is 27.3 Å². The number of pyridine rings is 1. The predicted octanol–water partition coefficient (Wildman–Crippen LogP) is 0.493. The van der Waals surface area contributed by atoms with E-state index in [0.29, 0.717) is 6.54 Å². The monoisotopic (exact) mass is 205 g/mol. The summed E-state index contributed by atoms with van der Waals surface area (Å²) in [6.07, 6.45) is 1.79. The van der Waals surface area contributed by atoms with E-state index in [1.54, 1.807) is 6.20 Å². The lowest BCUT2D eigenvalue weighted by atomic mass is 10.3. The Morgan fingerprint density at radius 2 is 2.20 bits per heavy atom. The minimum Gasteiger partial charge on any atom is -0.376 e. The first-order valence-electron chi connectivity index (χ1n) is 4.83. The molecule has 0 saturated heterocycles. The first kappa shape index (κ1) is 9.92. The molecule has 0 aromatic carbocycles. The summed E-state index contributed by atoms with van der Waals surface area (Å²) in [6, 6.07) is 1.95. The third-order valence-electron chi connectivity index (χ3n) is 2.49. The summed E-state index contributed by atoms with van der Waals surface area (Å²) in [5, 5.41) is 0. The van der Waals surface area contributed by atoms with E-state index in [1.165, 1.54) is 0 Å². The van der Waals surface area contributed by atoms with Crippen LogP contribution in [0.25, 0.3) is 11.2 Å². The summed E-state index contributed by atoms with van der Waals surface area (Å²) < 4.78 is 1.93. The second kappa shape index (κ2) is 3.51. The van der Waals surface area contributed by atoms with Gasteiger partial charge in [-0.05, 0) is 6.07 Å². The zero-order chi connectivity index (χ0) is 11.0. The highest BCUT2D eigenvalue weighted by Crippen LogP contribution is 2.22. The van der Waals surface area contributed by atoms with Crippen molar-refractivity contribution in [3.63, 3.8) is 0 Å². The topological polar surface area (TPSA) is 60.0 Å². The summed E-state index contributed by atoms with van der Waals surface area (Å²) in [5.41, 5.74) is 8.47. The molecule has 2 N–H and O–H groups in total. The molecule has 0 radical (unpaired) electrons. The van der Waals surface area contributed by atoms with Crippen LogP contribution in [0.1, 0.15) is 5.82 Å². The molecule has 5 heteroatoms. The molecular weight excluding hydrogens is 190 g/mol. The van der Waals surface area contributed by atoms with Gasteiger partial charge < -0.3 is 15.2 Å². The average molecular weight is 205 g/mol. The molecule has 0 atom stereocenters. The van der Waals surface area contributed by atoms with Crippen LogP contribution in [0, 0.1) is 0 Å². The molecule has 0 unspecified atom stereocenters. The van der Waals surface area contributed by atoms with Crippen LogP contribution in [0.5, 0.6) is 0 Å². The van der Waals surface area contributed by atoms with E-state index in [0.717, 1.165) is 22.7 Å². The van der Waals surface area contributed by atoms with Gasteiger partial charge in [0.1, 0.15) is 11.3 Å². The Morgan fingerprint density at radius 1 is 1.47 bits per heavy atom. The van der Waals surface area contributed by atoms with Crippen LogP contribution in [0.4, 0.5) is 5.69 Å². The predicted molar refractivity (Wildman–Crippen MR) is 60.7 cm³/mol. The van der Waals surface area contributed by atoms with E-state index in [-0.39, 0.29) is 0 Å². The van der Waals surface area contributed by atoms with E-state index >= 15 is 0 Å². The fourth-order valence-corrected chi connectivity index (χ4v) is 1.66. The fraction of sp³-hybridized carbons (Fsp3) is 0.400. The van der Waals surface area contributed by atoms with Crippen molar-refractivity contribution in [1.29, 1.82) is 0 Å². The van der Waals surface area contributed by atoms with Crippen molar-refractivity contribution in [2.24, 2.45) is 12.8 Å². The van der Waals surface area contributed by atoms with Crippen molar-refractivity contribution in [3.05, 3.63) is 18.1 Å². The average Bonchev–Trinajstić information content (AvgIpc) is 2.55. The van der Waals surface area contributed by atoms with Crippen LogP contribution >= 0.6 is 0 Å². The van der Waals surface area contributed by atoms with Gasteiger partial charge in [0.05, 0.1) is 12.2 Å². The number of aromatic nitrogens is 3. The molecule has 5 nitrogen and oxygen atoms in total. The molecule has 2 heterocycles. The quantitative estimate of drug-likeness (QED) is 0.775.